The number of nitrogens with two attached hydrogens (primary N) is 1. The van der Waals surface area contributed by atoms with Crippen molar-refractivity contribution in [3.8, 4) is 0 Å². The van der Waals surface area contributed by atoms with Crippen LogP contribution >= 0.6 is 15.9 Å². The molecule has 22 heavy (non-hydrogen) atoms. The summed E-state index contributed by atoms with van der Waals surface area (Å²) >= 11 is 3.11. The van der Waals surface area contributed by atoms with Gasteiger partial charge in [0.15, 0.2) is 5.72 Å². The van der Waals surface area contributed by atoms with Gasteiger partial charge in [-0.25, -0.2) is 13.6 Å². The molecule has 1 amide bonds. The summed E-state index contributed by atoms with van der Waals surface area (Å²) in [4.78, 5) is 11.8. The number of benzene rings is 2. The molecule has 1 unspecified atom stereocenters. The van der Waals surface area contributed by atoms with Gasteiger partial charge in [0.1, 0.15) is 0 Å². The minimum absolute atomic E-state index is 0.169. The smallest absolute Gasteiger partial charge is 0.254 e. The van der Waals surface area contributed by atoms with Crippen LogP contribution in [-0.2, 0) is 15.7 Å². The van der Waals surface area contributed by atoms with Crippen LogP contribution in [0, 0.1) is 0 Å². The van der Waals surface area contributed by atoms with Crippen LogP contribution in [0.2, 0.25) is 0 Å². The summed E-state index contributed by atoms with van der Waals surface area (Å²) < 4.78 is 23.5. The molecule has 0 aliphatic carbocycles. The van der Waals surface area contributed by atoms with E-state index in [9.17, 15) is 18.3 Å². The lowest BCUT2D eigenvalue weighted by molar-refractivity contribution is 0.0474. The topological polar surface area (TPSA) is 109 Å². The number of nitrogens with one attached hydrogen (secondary N) is 1. The number of halogens is 1. The Kier molecular flexibility index (Phi) is 3.37. The first-order chi connectivity index (χ1) is 10.2. The lowest BCUT2D eigenvalue weighted by atomic mass is 9.95. The number of hydrogen-bond donors (Lipinski definition) is 3. The molecule has 0 radical (unpaired) electrons. The third kappa shape index (κ3) is 2.24. The van der Waals surface area contributed by atoms with E-state index in [-0.39, 0.29) is 14.9 Å². The van der Waals surface area contributed by atoms with Crippen molar-refractivity contribution in [1.82, 2.24) is 5.32 Å². The predicted molar refractivity (Wildman–Crippen MR) is 82.4 cm³/mol. The molecule has 2 aromatic carbocycles. The van der Waals surface area contributed by atoms with E-state index in [0.29, 0.717) is 11.1 Å². The van der Waals surface area contributed by atoms with Gasteiger partial charge < -0.3 is 10.4 Å². The number of hydrogen-bond acceptors (Lipinski definition) is 4. The van der Waals surface area contributed by atoms with Gasteiger partial charge in [-0.15, -0.1) is 0 Å². The lowest BCUT2D eigenvalue weighted by Crippen LogP contribution is -2.40. The summed E-state index contributed by atoms with van der Waals surface area (Å²) in [5.74, 6) is -0.432. The SMILES string of the molecule is NS(=O)(=O)c1cc(C2(O)NC(=O)c3ccccc32)ccc1Br. The standard InChI is InChI=1S/C14H11BrN2O4S/c15-11-6-5-8(7-12(11)22(16,20)21)14(19)10-4-2-1-3-9(10)13(18)17-14/h1-7,19H,(H,17,18)(H2,16,20,21). The Bertz CT molecular complexity index is 897. The van der Waals surface area contributed by atoms with E-state index in [2.05, 4.69) is 21.2 Å². The van der Waals surface area contributed by atoms with Crippen LogP contribution < -0.4 is 10.5 Å². The Morgan fingerprint density at radius 1 is 1.18 bits per heavy atom. The Labute approximate surface area is 135 Å². The average Bonchev–Trinajstić information content (AvgIpc) is 2.71. The maximum absolute atomic E-state index is 12.0. The van der Waals surface area contributed by atoms with Crippen molar-refractivity contribution in [2.24, 2.45) is 5.14 Å². The molecule has 0 saturated heterocycles. The van der Waals surface area contributed by atoms with Gasteiger partial charge in [-0.05, 0) is 34.1 Å². The van der Waals surface area contributed by atoms with E-state index in [1.54, 1.807) is 24.3 Å². The van der Waals surface area contributed by atoms with Crippen molar-refractivity contribution < 1.29 is 18.3 Å². The summed E-state index contributed by atoms with van der Waals surface area (Å²) in [7, 11) is -3.97. The number of rotatable bonds is 2. The van der Waals surface area contributed by atoms with Crippen molar-refractivity contribution in [3.63, 3.8) is 0 Å². The molecular weight excluding hydrogens is 372 g/mol. The number of fused-ring (bicyclic) bond motifs is 1. The summed E-state index contributed by atoms with van der Waals surface area (Å²) in [6, 6.07) is 10.8. The number of carbonyl (C=O) groups excluding carboxylic acids is 1. The molecule has 0 saturated carbocycles. The van der Waals surface area contributed by atoms with Crippen molar-refractivity contribution in [2.45, 2.75) is 10.6 Å². The van der Waals surface area contributed by atoms with Crippen molar-refractivity contribution in [2.75, 3.05) is 0 Å². The first kappa shape index (κ1) is 15.2. The third-order valence-electron chi connectivity index (χ3n) is 3.51. The first-order valence-corrected chi connectivity index (χ1v) is 8.54. The molecule has 1 atom stereocenters. The van der Waals surface area contributed by atoms with E-state index in [4.69, 9.17) is 5.14 Å². The summed E-state index contributed by atoms with van der Waals surface area (Å²) in [5, 5.41) is 18.5. The predicted octanol–water partition coefficient (Wildman–Crippen LogP) is 1.03. The molecule has 2 aromatic rings. The van der Waals surface area contributed by atoms with Crippen LogP contribution in [0.1, 0.15) is 21.5 Å². The van der Waals surface area contributed by atoms with Crippen LogP contribution in [0.4, 0.5) is 0 Å². The number of amides is 1. The van der Waals surface area contributed by atoms with Crippen molar-refractivity contribution in [3.05, 3.63) is 63.6 Å². The Morgan fingerprint density at radius 3 is 2.55 bits per heavy atom. The van der Waals surface area contributed by atoms with Gasteiger partial charge in [0.2, 0.25) is 10.0 Å². The molecular formula is C14H11BrN2O4S. The largest absolute Gasteiger partial charge is 0.363 e. The normalized spacial score (nSPS) is 20.6. The summed E-state index contributed by atoms with van der Waals surface area (Å²) in [6.07, 6.45) is 0. The molecule has 1 aliphatic heterocycles. The summed E-state index contributed by atoms with van der Waals surface area (Å²) in [6.45, 7) is 0. The Balaban J connectivity index is 2.23. The van der Waals surface area contributed by atoms with Crippen LogP contribution in [0.5, 0.6) is 0 Å². The van der Waals surface area contributed by atoms with E-state index in [1.807, 2.05) is 0 Å². The van der Waals surface area contributed by atoms with Gasteiger partial charge >= 0.3 is 0 Å². The number of carbonyl (C=O) groups is 1. The molecule has 4 N–H and O–H groups in total. The zero-order valence-corrected chi connectivity index (χ0v) is 13.5. The third-order valence-corrected chi connectivity index (χ3v) is 5.42. The fourth-order valence-corrected chi connectivity index (χ4v) is 4.02. The van der Waals surface area contributed by atoms with Gasteiger partial charge in [0.05, 0.1) is 4.90 Å². The minimum Gasteiger partial charge on any atom is -0.363 e. The average molecular weight is 383 g/mol. The second-order valence-corrected chi connectivity index (χ2v) is 7.28. The molecule has 0 aromatic heterocycles. The van der Waals surface area contributed by atoms with Crippen molar-refractivity contribution >= 4 is 31.9 Å². The van der Waals surface area contributed by atoms with Gasteiger partial charge in [-0.2, -0.15) is 0 Å². The van der Waals surface area contributed by atoms with E-state index in [0.717, 1.165) is 0 Å². The zero-order chi connectivity index (χ0) is 16.1. The Morgan fingerprint density at radius 2 is 1.86 bits per heavy atom. The number of primary sulfonamides is 1. The zero-order valence-electron chi connectivity index (χ0n) is 11.1. The molecule has 1 heterocycles. The maximum atomic E-state index is 12.0. The monoisotopic (exact) mass is 382 g/mol. The fourth-order valence-electron chi connectivity index (χ4n) is 2.47. The highest BCUT2D eigenvalue weighted by atomic mass is 79.9. The Hall–Kier alpha value is -1.74. The number of aliphatic hydroxyl groups is 1. The van der Waals surface area contributed by atoms with Gasteiger partial charge in [0, 0.05) is 21.2 Å². The molecule has 8 heteroatoms. The van der Waals surface area contributed by atoms with Crippen LogP contribution in [0.25, 0.3) is 0 Å². The molecule has 1 aliphatic rings. The molecule has 3 rings (SSSR count). The lowest BCUT2D eigenvalue weighted by Gasteiger charge is -2.25. The summed E-state index contributed by atoms with van der Waals surface area (Å²) in [5.41, 5.74) is -0.890. The molecule has 0 bridgehead atoms. The minimum atomic E-state index is -3.97. The van der Waals surface area contributed by atoms with E-state index >= 15 is 0 Å². The fraction of sp³-hybridized carbons (Fsp3) is 0.0714. The van der Waals surface area contributed by atoms with E-state index < -0.39 is 21.7 Å². The number of sulfonamides is 1. The van der Waals surface area contributed by atoms with Gasteiger partial charge in [0.25, 0.3) is 5.91 Å². The highest BCUT2D eigenvalue weighted by Gasteiger charge is 2.43. The van der Waals surface area contributed by atoms with Crippen LogP contribution in [0.15, 0.2) is 51.8 Å². The molecule has 6 nitrogen and oxygen atoms in total. The van der Waals surface area contributed by atoms with Crippen LogP contribution in [-0.4, -0.2) is 19.4 Å². The van der Waals surface area contributed by atoms with Crippen LogP contribution in [0.3, 0.4) is 0 Å². The van der Waals surface area contributed by atoms with Gasteiger partial charge in [-0.1, -0.05) is 24.3 Å². The second-order valence-electron chi connectivity index (χ2n) is 4.90. The van der Waals surface area contributed by atoms with E-state index in [1.165, 1.54) is 18.2 Å². The second kappa shape index (κ2) is 4.88. The van der Waals surface area contributed by atoms with Gasteiger partial charge in [-0.3, -0.25) is 4.79 Å². The maximum Gasteiger partial charge on any atom is 0.254 e. The highest BCUT2D eigenvalue weighted by molar-refractivity contribution is 9.10. The molecule has 0 spiro atoms. The molecule has 114 valence electrons. The first-order valence-electron chi connectivity index (χ1n) is 6.21. The highest BCUT2D eigenvalue weighted by Crippen LogP contribution is 2.36. The van der Waals surface area contributed by atoms with Crippen molar-refractivity contribution in [1.29, 1.82) is 0 Å². The molecule has 0 fully saturated rings. The quantitative estimate of drug-likeness (QED) is 0.720.